The van der Waals surface area contributed by atoms with Crippen molar-refractivity contribution in [2.45, 2.75) is 18.8 Å². The Morgan fingerprint density at radius 2 is 1.65 bits per heavy atom. The molecule has 1 saturated heterocycles. The topological polar surface area (TPSA) is 110 Å². The molecule has 3 heterocycles. The molecule has 4 aromatic rings. The van der Waals surface area contributed by atoms with Crippen molar-refractivity contribution < 1.29 is 36.3 Å². The molecule has 1 aromatic heterocycles. The van der Waals surface area contributed by atoms with Crippen LogP contribution < -0.4 is 15.5 Å². The Morgan fingerprint density at radius 1 is 0.938 bits per heavy atom. The minimum Gasteiger partial charge on any atom is -0.368 e. The molecule has 48 heavy (non-hydrogen) atoms. The molecule has 2 N–H and O–H groups in total. The molecule has 1 unspecified atom stereocenters. The van der Waals surface area contributed by atoms with Crippen molar-refractivity contribution in [2.24, 2.45) is 0 Å². The number of nitrogens with one attached hydrogen (secondary N) is 2. The van der Waals surface area contributed by atoms with Gasteiger partial charge in [-0.15, -0.1) is 0 Å². The number of fused-ring (bicyclic) bond motifs is 1. The van der Waals surface area contributed by atoms with Crippen molar-refractivity contribution in [2.75, 3.05) is 36.4 Å². The minimum atomic E-state index is -4.93. The number of hydrogen-bond donors (Lipinski definition) is 2. The van der Waals surface area contributed by atoms with Crippen LogP contribution in [-0.2, 0) is 17.5 Å². The van der Waals surface area contributed by atoms with Gasteiger partial charge in [-0.25, -0.2) is 8.78 Å². The van der Waals surface area contributed by atoms with Crippen molar-refractivity contribution in [3.8, 4) is 6.07 Å². The Hall–Kier alpha value is -5.42. The summed E-state index contributed by atoms with van der Waals surface area (Å²) in [6.45, 7) is 1.06. The minimum absolute atomic E-state index is 0.0188. The molecule has 0 saturated carbocycles. The largest absolute Gasteiger partial charge is 0.416 e. The number of hydrogen-bond acceptors (Lipinski definition) is 5. The van der Waals surface area contributed by atoms with Crippen LogP contribution in [0.1, 0.15) is 49.3 Å². The summed E-state index contributed by atoms with van der Waals surface area (Å²) in [5.41, 5.74) is -0.537. The quantitative estimate of drug-likeness (QED) is 0.261. The molecular formula is C33H24ClF5N6O3. The van der Waals surface area contributed by atoms with Crippen molar-refractivity contribution in [3.63, 3.8) is 0 Å². The summed E-state index contributed by atoms with van der Waals surface area (Å²) >= 11 is 6.39. The SMILES string of the molecule is N#Cc1ccc(N2CCN(C(=O)c3cc(NC(=O)c4cc(F)cc(C(F)(F)F)c4)c4n3CC(=O)NC4c3cc(F)ccc3Cl)CC2)cc1. The highest BCUT2D eigenvalue weighted by Crippen LogP contribution is 2.38. The van der Waals surface area contributed by atoms with Crippen molar-refractivity contribution >= 4 is 40.7 Å². The zero-order chi connectivity index (χ0) is 34.3. The fraction of sp³-hybridized carbons (Fsp3) is 0.212. The van der Waals surface area contributed by atoms with Gasteiger partial charge in [-0.05, 0) is 66.7 Å². The van der Waals surface area contributed by atoms with E-state index in [2.05, 4.69) is 16.7 Å². The Balaban J connectivity index is 1.36. The third-order valence-electron chi connectivity index (χ3n) is 8.17. The van der Waals surface area contributed by atoms with Crippen molar-refractivity contribution in [1.82, 2.24) is 14.8 Å². The molecule has 1 atom stereocenters. The number of anilines is 2. The number of nitriles is 1. The van der Waals surface area contributed by atoms with Crippen LogP contribution in [0.2, 0.25) is 5.02 Å². The van der Waals surface area contributed by atoms with Crippen LogP contribution in [-0.4, -0.2) is 53.4 Å². The maximum absolute atomic E-state index is 14.4. The molecule has 246 valence electrons. The molecule has 9 nitrogen and oxygen atoms in total. The first-order valence-electron chi connectivity index (χ1n) is 14.5. The third kappa shape index (κ3) is 6.41. The number of amides is 3. The highest BCUT2D eigenvalue weighted by Gasteiger charge is 2.37. The molecule has 0 radical (unpaired) electrons. The fourth-order valence-corrected chi connectivity index (χ4v) is 6.08. The van der Waals surface area contributed by atoms with Crippen LogP contribution in [0.15, 0.2) is 66.7 Å². The van der Waals surface area contributed by atoms with Gasteiger partial charge in [0, 0.05) is 48.0 Å². The summed E-state index contributed by atoms with van der Waals surface area (Å²) < 4.78 is 70.1. The van der Waals surface area contributed by atoms with Gasteiger partial charge in [-0.1, -0.05) is 11.6 Å². The lowest BCUT2D eigenvalue weighted by Gasteiger charge is -2.36. The number of carbonyl (C=O) groups is 3. The van der Waals surface area contributed by atoms with Gasteiger partial charge >= 0.3 is 6.18 Å². The van der Waals surface area contributed by atoms with Gasteiger partial charge in [-0.2, -0.15) is 18.4 Å². The molecule has 15 heteroatoms. The average molecular weight is 683 g/mol. The maximum atomic E-state index is 14.4. The lowest BCUT2D eigenvalue weighted by molar-refractivity contribution is -0.137. The van der Waals surface area contributed by atoms with Crippen molar-refractivity contribution in [3.05, 3.63) is 117 Å². The van der Waals surface area contributed by atoms with E-state index < -0.39 is 52.7 Å². The molecule has 3 aromatic carbocycles. The van der Waals surface area contributed by atoms with Crippen LogP contribution in [0.25, 0.3) is 0 Å². The van der Waals surface area contributed by atoms with E-state index in [1.54, 1.807) is 29.2 Å². The summed E-state index contributed by atoms with van der Waals surface area (Å²) in [6.07, 6.45) is -4.93. The van der Waals surface area contributed by atoms with Gasteiger partial charge < -0.3 is 25.0 Å². The first-order chi connectivity index (χ1) is 22.8. The Labute approximate surface area is 275 Å². The number of halogens is 6. The van der Waals surface area contributed by atoms with E-state index in [9.17, 15) is 36.3 Å². The molecule has 2 aliphatic rings. The summed E-state index contributed by atoms with van der Waals surface area (Å²) in [7, 11) is 0. The molecule has 0 spiro atoms. The number of benzene rings is 3. The number of piperazine rings is 1. The first kappa shape index (κ1) is 32.5. The fourth-order valence-electron chi connectivity index (χ4n) is 5.86. The number of rotatable bonds is 5. The van der Waals surface area contributed by atoms with Crippen LogP contribution in [0, 0.1) is 23.0 Å². The van der Waals surface area contributed by atoms with Crippen LogP contribution in [0.4, 0.5) is 33.3 Å². The Bertz CT molecular complexity index is 1980. The van der Waals surface area contributed by atoms with E-state index in [-0.39, 0.29) is 53.4 Å². The Kier molecular flexibility index (Phi) is 8.57. The van der Waals surface area contributed by atoms with Crippen LogP contribution in [0.5, 0.6) is 0 Å². The lowest BCUT2D eigenvalue weighted by atomic mass is 10.0. The number of nitrogens with zero attached hydrogens (tertiary/aromatic N) is 4. The van der Waals surface area contributed by atoms with E-state index in [0.717, 1.165) is 17.8 Å². The van der Waals surface area contributed by atoms with E-state index >= 15 is 0 Å². The Morgan fingerprint density at radius 3 is 2.31 bits per heavy atom. The monoisotopic (exact) mass is 682 g/mol. The van der Waals surface area contributed by atoms with E-state index in [1.165, 1.54) is 16.7 Å². The summed E-state index contributed by atoms with van der Waals surface area (Å²) in [5, 5.41) is 14.3. The van der Waals surface area contributed by atoms with Gasteiger partial charge in [0.15, 0.2) is 0 Å². The standard InChI is InChI=1S/C33H24ClF5N6O3/c34-25-6-3-21(35)14-24(25)29-30-26(41-31(47)19-11-20(33(37,38)39)13-22(36)12-19)15-27(45(30)17-28(46)42-29)32(48)44-9-7-43(8-10-44)23-4-1-18(16-40)2-5-23/h1-6,11-15,29H,7-10,17H2,(H,41,47)(H,42,46). The molecule has 2 aliphatic heterocycles. The zero-order valence-corrected chi connectivity index (χ0v) is 25.5. The molecule has 0 bridgehead atoms. The van der Waals surface area contributed by atoms with E-state index in [4.69, 9.17) is 16.9 Å². The van der Waals surface area contributed by atoms with Crippen LogP contribution in [0.3, 0.4) is 0 Å². The third-order valence-corrected chi connectivity index (χ3v) is 8.52. The van der Waals surface area contributed by atoms with Gasteiger partial charge in [-0.3, -0.25) is 14.4 Å². The predicted octanol–water partition coefficient (Wildman–Crippen LogP) is 5.74. The lowest BCUT2D eigenvalue weighted by Crippen LogP contribution is -2.49. The van der Waals surface area contributed by atoms with Gasteiger partial charge in [0.2, 0.25) is 5.91 Å². The van der Waals surface area contributed by atoms with E-state index in [0.29, 0.717) is 30.8 Å². The molecular weight excluding hydrogens is 659 g/mol. The molecule has 6 rings (SSSR count). The summed E-state index contributed by atoms with van der Waals surface area (Å²) in [4.78, 5) is 43.8. The molecule has 0 aliphatic carbocycles. The second kappa shape index (κ2) is 12.6. The van der Waals surface area contributed by atoms with E-state index in [1.807, 2.05) is 4.90 Å². The molecule has 1 fully saturated rings. The van der Waals surface area contributed by atoms with Gasteiger partial charge in [0.05, 0.1) is 34.6 Å². The normalized spacial score (nSPS) is 16.2. The van der Waals surface area contributed by atoms with Crippen molar-refractivity contribution in [1.29, 1.82) is 5.26 Å². The molecule has 3 amide bonds. The summed E-state index contributed by atoms with van der Waals surface area (Å²) in [5.74, 6) is -4.15. The predicted molar refractivity (Wildman–Crippen MR) is 164 cm³/mol. The average Bonchev–Trinajstić information content (AvgIpc) is 3.42. The second-order valence-electron chi connectivity index (χ2n) is 11.2. The summed E-state index contributed by atoms with van der Waals surface area (Å²) in [6, 6.07) is 14.0. The number of carbonyl (C=O) groups excluding carboxylic acids is 3. The second-order valence-corrected chi connectivity index (χ2v) is 11.6. The highest BCUT2D eigenvalue weighted by molar-refractivity contribution is 6.31. The maximum Gasteiger partial charge on any atom is 0.416 e. The van der Waals surface area contributed by atoms with Crippen LogP contribution >= 0.6 is 11.6 Å². The van der Waals surface area contributed by atoms with Gasteiger partial charge in [0.25, 0.3) is 11.8 Å². The smallest absolute Gasteiger partial charge is 0.368 e. The highest BCUT2D eigenvalue weighted by atomic mass is 35.5. The number of alkyl halides is 3. The number of aromatic nitrogens is 1. The van der Waals surface area contributed by atoms with Gasteiger partial charge in [0.1, 0.15) is 23.9 Å². The first-order valence-corrected chi connectivity index (χ1v) is 14.9. The zero-order valence-electron chi connectivity index (χ0n) is 24.7.